The summed E-state index contributed by atoms with van der Waals surface area (Å²) in [5, 5.41) is 7.02. The lowest BCUT2D eigenvalue weighted by atomic mass is 10.1. The van der Waals surface area contributed by atoms with Crippen LogP contribution in [-0.4, -0.2) is 33.6 Å². The molecule has 3 N–H and O–H groups in total. The van der Waals surface area contributed by atoms with Crippen LogP contribution in [0, 0.1) is 5.82 Å². The molecule has 118 valence electrons. The summed E-state index contributed by atoms with van der Waals surface area (Å²) in [5.41, 5.74) is -1.06. The number of methoxy groups -OCH3 is 1. The van der Waals surface area contributed by atoms with Gasteiger partial charge in [-0.15, -0.1) is 0 Å². The second kappa shape index (κ2) is 6.27. The van der Waals surface area contributed by atoms with Crippen molar-refractivity contribution in [1.29, 1.82) is 0 Å². The monoisotopic (exact) mass is 338 g/mol. The number of ether oxygens (including phenoxy) is 1. The van der Waals surface area contributed by atoms with Crippen molar-refractivity contribution >= 4 is 27.5 Å². The van der Waals surface area contributed by atoms with Gasteiger partial charge in [0.2, 0.25) is 10.0 Å². The lowest BCUT2D eigenvalue weighted by molar-refractivity contribution is 0.0819. The Hall–Kier alpha value is -1.22. The minimum absolute atomic E-state index is 0.202. The maximum absolute atomic E-state index is 13.7. The van der Waals surface area contributed by atoms with Crippen LogP contribution in [-0.2, 0) is 14.8 Å². The summed E-state index contributed by atoms with van der Waals surface area (Å²) >= 11 is 5.71. The smallest absolute Gasteiger partial charge is 0.253 e. The third kappa shape index (κ3) is 4.63. The lowest BCUT2D eigenvalue weighted by Crippen LogP contribution is -2.46. The largest absolute Gasteiger partial charge is 0.382 e. The van der Waals surface area contributed by atoms with Crippen LogP contribution < -0.4 is 10.5 Å². The van der Waals surface area contributed by atoms with Gasteiger partial charge in [0.05, 0.1) is 27.6 Å². The summed E-state index contributed by atoms with van der Waals surface area (Å²) in [5.74, 6) is -1.77. The molecule has 0 heterocycles. The molecule has 0 atom stereocenters. The van der Waals surface area contributed by atoms with Crippen LogP contribution >= 0.6 is 11.6 Å². The Balaban J connectivity index is 3.24. The summed E-state index contributed by atoms with van der Waals surface area (Å²) in [6.45, 7) is 3.57. The van der Waals surface area contributed by atoms with Gasteiger partial charge in [0.15, 0.2) is 0 Å². The molecule has 0 spiro atoms. The van der Waals surface area contributed by atoms with Crippen molar-refractivity contribution in [3.63, 3.8) is 0 Å². The summed E-state index contributed by atoms with van der Waals surface area (Å²) in [6.07, 6.45) is 0. The van der Waals surface area contributed by atoms with Gasteiger partial charge in [-0.1, -0.05) is 11.6 Å². The average Bonchev–Trinajstić information content (AvgIpc) is 2.29. The second-order valence-corrected chi connectivity index (χ2v) is 7.02. The first-order valence-corrected chi connectivity index (χ1v) is 7.73. The number of rotatable bonds is 5. The second-order valence-electron chi connectivity index (χ2n) is 5.08. The van der Waals surface area contributed by atoms with Gasteiger partial charge >= 0.3 is 0 Å². The zero-order valence-corrected chi connectivity index (χ0v) is 13.3. The van der Waals surface area contributed by atoms with Crippen molar-refractivity contribution < 1.29 is 22.3 Å². The van der Waals surface area contributed by atoms with Gasteiger partial charge in [-0.25, -0.2) is 17.9 Å². The molecule has 0 aliphatic heterocycles. The Kier molecular flexibility index (Phi) is 5.32. The number of amides is 1. The van der Waals surface area contributed by atoms with Crippen LogP contribution in [0.2, 0.25) is 5.02 Å². The number of carbonyl (C=O) groups excluding carboxylic acids is 1. The summed E-state index contributed by atoms with van der Waals surface area (Å²) in [4.78, 5) is 11.6. The van der Waals surface area contributed by atoms with E-state index in [1.807, 2.05) is 0 Å². The topological polar surface area (TPSA) is 98.5 Å². The van der Waals surface area contributed by atoms with Crippen LogP contribution in [0.25, 0.3) is 0 Å². The molecule has 0 bridgehead atoms. The number of primary sulfonamides is 1. The van der Waals surface area contributed by atoms with Gasteiger partial charge in [0, 0.05) is 7.11 Å². The van der Waals surface area contributed by atoms with E-state index in [1.165, 1.54) is 7.11 Å². The first-order chi connectivity index (χ1) is 9.48. The molecule has 1 amide bonds. The van der Waals surface area contributed by atoms with Crippen molar-refractivity contribution in [3.8, 4) is 0 Å². The van der Waals surface area contributed by atoms with Gasteiger partial charge in [-0.3, -0.25) is 4.79 Å². The molecule has 0 fully saturated rings. The zero-order valence-electron chi connectivity index (χ0n) is 11.7. The maximum Gasteiger partial charge on any atom is 0.253 e. The Morgan fingerprint density at radius 3 is 2.52 bits per heavy atom. The third-order valence-corrected chi connectivity index (χ3v) is 3.81. The number of hydrogen-bond donors (Lipinski definition) is 2. The van der Waals surface area contributed by atoms with E-state index in [0.717, 1.165) is 6.07 Å². The molecule has 6 nitrogen and oxygen atoms in total. The fraction of sp³-hybridized carbons (Fsp3) is 0.417. The predicted octanol–water partition coefficient (Wildman–Crippen LogP) is 1.28. The van der Waals surface area contributed by atoms with Gasteiger partial charge in [-0.05, 0) is 26.0 Å². The number of benzene rings is 1. The summed E-state index contributed by atoms with van der Waals surface area (Å²) in [6, 6.07) is 1.59. The van der Waals surface area contributed by atoms with E-state index >= 15 is 0 Å². The van der Waals surface area contributed by atoms with Gasteiger partial charge < -0.3 is 10.1 Å². The Morgan fingerprint density at radius 2 is 2.05 bits per heavy atom. The first-order valence-electron chi connectivity index (χ1n) is 5.81. The highest BCUT2D eigenvalue weighted by Gasteiger charge is 2.25. The molecule has 0 unspecified atom stereocenters. The SMILES string of the molecule is COCC(C)(C)NC(=O)c1cc(S(N)(=O)=O)cc(F)c1Cl. The number of halogens is 2. The number of nitrogens with two attached hydrogens (primary N) is 1. The Morgan fingerprint density at radius 1 is 1.48 bits per heavy atom. The van der Waals surface area contributed by atoms with Crippen molar-refractivity contribution in [2.45, 2.75) is 24.3 Å². The van der Waals surface area contributed by atoms with Crippen LogP contribution in [0.15, 0.2) is 17.0 Å². The quantitative estimate of drug-likeness (QED) is 0.844. The molecule has 1 aromatic carbocycles. The van der Waals surface area contributed by atoms with E-state index < -0.39 is 37.2 Å². The minimum Gasteiger partial charge on any atom is -0.382 e. The standard InChI is InChI=1S/C12H16ClFN2O4S/c1-12(2,6-20-3)16-11(17)8-4-7(21(15,18)19)5-9(14)10(8)13/h4-5H,6H2,1-3H3,(H,16,17)(H2,15,18,19). The molecule has 0 aliphatic rings. The van der Waals surface area contributed by atoms with Crippen molar-refractivity contribution in [2.24, 2.45) is 5.14 Å². The predicted molar refractivity (Wildman–Crippen MR) is 76.2 cm³/mol. The summed E-state index contributed by atoms with van der Waals surface area (Å²) in [7, 11) is -2.69. The zero-order chi connectivity index (χ0) is 16.4. The minimum atomic E-state index is -4.16. The van der Waals surface area contributed by atoms with E-state index in [1.54, 1.807) is 13.8 Å². The van der Waals surface area contributed by atoms with Crippen molar-refractivity contribution in [2.75, 3.05) is 13.7 Å². The number of carbonyl (C=O) groups is 1. The van der Waals surface area contributed by atoms with E-state index in [9.17, 15) is 17.6 Å². The molecule has 0 saturated heterocycles. The molecule has 0 aliphatic carbocycles. The highest BCUT2D eigenvalue weighted by Crippen LogP contribution is 2.24. The van der Waals surface area contributed by atoms with Crippen LogP contribution in [0.4, 0.5) is 4.39 Å². The van der Waals surface area contributed by atoms with E-state index in [0.29, 0.717) is 6.07 Å². The van der Waals surface area contributed by atoms with Crippen molar-refractivity contribution in [3.05, 3.63) is 28.5 Å². The third-order valence-electron chi connectivity index (χ3n) is 2.53. The van der Waals surface area contributed by atoms with Crippen LogP contribution in [0.1, 0.15) is 24.2 Å². The highest BCUT2D eigenvalue weighted by molar-refractivity contribution is 7.89. The maximum atomic E-state index is 13.7. The number of hydrogen-bond acceptors (Lipinski definition) is 4. The van der Waals surface area contributed by atoms with Crippen molar-refractivity contribution in [1.82, 2.24) is 5.32 Å². The average molecular weight is 339 g/mol. The lowest BCUT2D eigenvalue weighted by Gasteiger charge is -2.25. The molecule has 1 rings (SSSR count). The van der Waals surface area contributed by atoms with Gasteiger partial charge in [-0.2, -0.15) is 0 Å². The molecule has 21 heavy (non-hydrogen) atoms. The summed E-state index contributed by atoms with van der Waals surface area (Å²) < 4.78 is 41.1. The molecular formula is C12H16ClFN2O4S. The van der Waals surface area contributed by atoms with E-state index in [2.05, 4.69) is 5.32 Å². The van der Waals surface area contributed by atoms with Gasteiger partial charge in [0.25, 0.3) is 5.91 Å². The highest BCUT2D eigenvalue weighted by atomic mass is 35.5. The molecule has 1 aromatic rings. The van der Waals surface area contributed by atoms with Gasteiger partial charge in [0.1, 0.15) is 5.82 Å². The Bertz CT molecular complexity index is 661. The molecule has 0 aromatic heterocycles. The molecule has 0 saturated carbocycles. The van der Waals surface area contributed by atoms with E-state index in [4.69, 9.17) is 21.5 Å². The fourth-order valence-corrected chi connectivity index (χ4v) is 2.41. The van der Waals surface area contributed by atoms with E-state index in [-0.39, 0.29) is 12.2 Å². The molecule has 9 heteroatoms. The first kappa shape index (κ1) is 17.8. The normalized spacial score (nSPS) is 12.3. The number of sulfonamides is 1. The van der Waals surface area contributed by atoms with Crippen LogP contribution in [0.5, 0.6) is 0 Å². The molecular weight excluding hydrogens is 323 g/mol. The Labute approximate surface area is 127 Å². The molecule has 0 radical (unpaired) electrons. The van der Waals surface area contributed by atoms with Crippen LogP contribution in [0.3, 0.4) is 0 Å². The number of nitrogens with one attached hydrogen (secondary N) is 1. The fourth-order valence-electron chi connectivity index (χ4n) is 1.67.